The monoisotopic (exact) mass is 302 g/mol. The van der Waals surface area contributed by atoms with Crippen LogP contribution in [0.25, 0.3) is 27.9 Å². The van der Waals surface area contributed by atoms with Crippen LogP contribution in [0.4, 0.5) is 5.69 Å². The molecule has 112 valence electrons. The van der Waals surface area contributed by atoms with Gasteiger partial charge in [0.25, 0.3) is 0 Å². The Balaban J connectivity index is 1.50. The summed E-state index contributed by atoms with van der Waals surface area (Å²) in [5, 5.41) is 4.92. The molecule has 0 saturated heterocycles. The van der Waals surface area contributed by atoms with E-state index < -0.39 is 0 Å². The number of carbonyl (C=O) groups is 1. The average Bonchev–Trinajstić information content (AvgIpc) is 3.18. The Labute approximate surface area is 132 Å². The summed E-state index contributed by atoms with van der Waals surface area (Å²) in [4.78, 5) is 15.1. The lowest BCUT2D eigenvalue weighted by Crippen LogP contribution is -2.07. The smallest absolute Gasteiger partial charge is 0.248 e. The lowest BCUT2D eigenvalue weighted by atomic mass is 10.2. The summed E-state index contributed by atoms with van der Waals surface area (Å²) in [6.07, 6.45) is 5.01. The molecule has 0 aliphatic heterocycles. The first-order chi connectivity index (χ1) is 11.3. The summed E-state index contributed by atoms with van der Waals surface area (Å²) in [6.45, 7) is 0. The Morgan fingerprint density at radius 2 is 1.96 bits per heavy atom. The molecule has 4 aromatic rings. The Kier molecular flexibility index (Phi) is 3.20. The number of furan rings is 1. The summed E-state index contributed by atoms with van der Waals surface area (Å²) < 4.78 is 5.64. The van der Waals surface area contributed by atoms with Crippen LogP contribution in [0.5, 0.6) is 0 Å². The fourth-order valence-corrected chi connectivity index (χ4v) is 2.56. The lowest BCUT2D eigenvalue weighted by molar-refractivity contribution is -0.111. The van der Waals surface area contributed by atoms with Crippen LogP contribution in [-0.4, -0.2) is 10.9 Å². The number of H-pyrrole nitrogens is 1. The van der Waals surface area contributed by atoms with Crippen molar-refractivity contribution in [1.29, 1.82) is 0 Å². The molecule has 0 aliphatic rings. The zero-order valence-corrected chi connectivity index (χ0v) is 12.2. The number of para-hydroxylation sites is 1. The molecule has 0 fully saturated rings. The number of hydrogen-bond donors (Lipinski definition) is 2. The summed E-state index contributed by atoms with van der Waals surface area (Å²) in [7, 11) is 0. The van der Waals surface area contributed by atoms with Gasteiger partial charge in [-0.3, -0.25) is 4.79 Å². The van der Waals surface area contributed by atoms with E-state index >= 15 is 0 Å². The van der Waals surface area contributed by atoms with E-state index in [1.165, 1.54) is 6.08 Å². The van der Waals surface area contributed by atoms with Gasteiger partial charge in [-0.25, -0.2) is 0 Å². The summed E-state index contributed by atoms with van der Waals surface area (Å²) >= 11 is 0. The third-order valence-electron chi connectivity index (χ3n) is 3.66. The summed E-state index contributed by atoms with van der Waals surface area (Å²) in [5.41, 5.74) is 2.61. The van der Waals surface area contributed by atoms with Crippen LogP contribution in [0, 0.1) is 0 Å². The fraction of sp³-hybridized carbons (Fsp3) is 0. The highest BCUT2D eigenvalue weighted by Crippen LogP contribution is 2.20. The van der Waals surface area contributed by atoms with Crippen molar-refractivity contribution in [3.05, 3.63) is 72.6 Å². The number of hydrogen-bond acceptors (Lipinski definition) is 2. The molecular weight excluding hydrogens is 288 g/mol. The van der Waals surface area contributed by atoms with Gasteiger partial charge in [0.05, 0.1) is 0 Å². The van der Waals surface area contributed by atoms with Gasteiger partial charge in [-0.2, -0.15) is 0 Å². The molecule has 1 amide bonds. The number of aromatic amines is 1. The maximum atomic E-state index is 12.0. The first kappa shape index (κ1) is 13.4. The number of nitrogens with one attached hydrogen (secondary N) is 2. The first-order valence-corrected chi connectivity index (χ1v) is 7.33. The number of benzene rings is 2. The maximum absolute atomic E-state index is 12.0. The highest BCUT2D eigenvalue weighted by atomic mass is 16.3. The molecule has 0 bridgehead atoms. The standard InChI is InChI=1S/C19H14N2O2/c22-19(21-15-5-7-17-13(11-15)9-10-20-17)8-6-16-12-14-3-1-2-4-18(14)23-16/h1-12,20H,(H,21,22). The summed E-state index contributed by atoms with van der Waals surface area (Å²) in [6, 6.07) is 17.4. The highest BCUT2D eigenvalue weighted by molar-refractivity contribution is 6.03. The zero-order valence-electron chi connectivity index (χ0n) is 12.2. The van der Waals surface area contributed by atoms with Crippen molar-refractivity contribution in [2.45, 2.75) is 0 Å². The van der Waals surface area contributed by atoms with Gasteiger partial charge < -0.3 is 14.7 Å². The molecule has 0 unspecified atom stereocenters. The van der Waals surface area contributed by atoms with Gasteiger partial charge >= 0.3 is 0 Å². The molecule has 0 radical (unpaired) electrons. The average molecular weight is 302 g/mol. The highest BCUT2D eigenvalue weighted by Gasteiger charge is 2.02. The number of amides is 1. The number of anilines is 1. The van der Waals surface area contributed by atoms with Gasteiger partial charge in [0.1, 0.15) is 11.3 Å². The molecule has 2 aromatic carbocycles. The van der Waals surface area contributed by atoms with Crippen LogP contribution in [0.2, 0.25) is 0 Å². The minimum atomic E-state index is -0.194. The largest absolute Gasteiger partial charge is 0.457 e. The van der Waals surface area contributed by atoms with Crippen molar-refractivity contribution in [3.63, 3.8) is 0 Å². The van der Waals surface area contributed by atoms with E-state index in [9.17, 15) is 4.79 Å². The Hall–Kier alpha value is -3.27. The third kappa shape index (κ3) is 2.74. The second-order valence-corrected chi connectivity index (χ2v) is 5.29. The molecule has 4 heteroatoms. The Morgan fingerprint density at radius 3 is 2.87 bits per heavy atom. The molecule has 0 atom stereocenters. The molecule has 0 spiro atoms. The molecule has 0 saturated carbocycles. The van der Waals surface area contributed by atoms with Crippen molar-refractivity contribution in [2.24, 2.45) is 0 Å². The van der Waals surface area contributed by atoms with Crippen LogP contribution in [0.15, 0.2) is 71.3 Å². The van der Waals surface area contributed by atoms with E-state index in [0.717, 1.165) is 27.6 Å². The maximum Gasteiger partial charge on any atom is 0.248 e. The molecule has 2 N–H and O–H groups in total. The molecule has 23 heavy (non-hydrogen) atoms. The van der Waals surface area contributed by atoms with Crippen molar-refractivity contribution >= 4 is 39.5 Å². The second kappa shape index (κ2) is 5.50. The van der Waals surface area contributed by atoms with Crippen LogP contribution < -0.4 is 5.32 Å². The Bertz CT molecular complexity index is 991. The molecule has 4 rings (SSSR count). The van der Waals surface area contributed by atoms with E-state index in [1.54, 1.807) is 6.08 Å². The van der Waals surface area contributed by atoms with E-state index in [0.29, 0.717) is 5.76 Å². The minimum absolute atomic E-state index is 0.194. The number of fused-ring (bicyclic) bond motifs is 2. The van der Waals surface area contributed by atoms with Gasteiger partial charge in [0.15, 0.2) is 0 Å². The third-order valence-corrected chi connectivity index (χ3v) is 3.66. The fourth-order valence-electron chi connectivity index (χ4n) is 2.56. The van der Waals surface area contributed by atoms with Crippen molar-refractivity contribution in [2.75, 3.05) is 5.32 Å². The van der Waals surface area contributed by atoms with Crippen LogP contribution in [0.3, 0.4) is 0 Å². The molecule has 2 aromatic heterocycles. The van der Waals surface area contributed by atoms with E-state index in [4.69, 9.17) is 4.42 Å². The van der Waals surface area contributed by atoms with Gasteiger partial charge in [0, 0.05) is 34.2 Å². The Morgan fingerprint density at radius 1 is 1.04 bits per heavy atom. The van der Waals surface area contributed by atoms with Gasteiger partial charge in [-0.15, -0.1) is 0 Å². The minimum Gasteiger partial charge on any atom is -0.457 e. The van der Waals surface area contributed by atoms with Crippen molar-refractivity contribution in [3.8, 4) is 0 Å². The quantitative estimate of drug-likeness (QED) is 0.545. The van der Waals surface area contributed by atoms with Crippen molar-refractivity contribution < 1.29 is 9.21 Å². The zero-order chi connectivity index (χ0) is 15.6. The number of carbonyl (C=O) groups excluding carboxylic acids is 1. The summed E-state index contributed by atoms with van der Waals surface area (Å²) in [5.74, 6) is 0.461. The van der Waals surface area contributed by atoms with E-state index in [1.807, 2.05) is 60.8 Å². The van der Waals surface area contributed by atoms with Crippen LogP contribution in [0.1, 0.15) is 5.76 Å². The van der Waals surface area contributed by atoms with E-state index in [2.05, 4.69) is 10.3 Å². The molecule has 4 nitrogen and oxygen atoms in total. The van der Waals surface area contributed by atoms with Gasteiger partial charge in [0.2, 0.25) is 5.91 Å². The molecular formula is C19H14N2O2. The SMILES string of the molecule is O=C(C=Cc1cc2ccccc2o1)Nc1ccc2[nH]ccc2c1. The lowest BCUT2D eigenvalue weighted by Gasteiger charge is -2.01. The predicted octanol–water partition coefficient (Wildman–Crippen LogP) is 4.57. The van der Waals surface area contributed by atoms with Gasteiger partial charge in [-0.1, -0.05) is 18.2 Å². The first-order valence-electron chi connectivity index (χ1n) is 7.33. The molecule has 2 heterocycles. The van der Waals surface area contributed by atoms with Gasteiger partial charge in [-0.05, 0) is 42.5 Å². The van der Waals surface area contributed by atoms with Crippen LogP contribution >= 0.6 is 0 Å². The van der Waals surface area contributed by atoms with Crippen LogP contribution in [-0.2, 0) is 4.79 Å². The van der Waals surface area contributed by atoms with E-state index in [-0.39, 0.29) is 5.91 Å². The normalized spacial score (nSPS) is 11.5. The second-order valence-electron chi connectivity index (χ2n) is 5.29. The van der Waals surface area contributed by atoms with Crippen molar-refractivity contribution in [1.82, 2.24) is 4.98 Å². The topological polar surface area (TPSA) is 58.0 Å². The predicted molar refractivity (Wildman–Crippen MR) is 92.2 cm³/mol. The number of rotatable bonds is 3. The number of aromatic nitrogens is 1. The molecule has 0 aliphatic carbocycles.